The summed E-state index contributed by atoms with van der Waals surface area (Å²) in [5, 5.41) is 3.21. The summed E-state index contributed by atoms with van der Waals surface area (Å²) in [7, 11) is 0. The Morgan fingerprint density at radius 2 is 1.97 bits per heavy atom. The van der Waals surface area contributed by atoms with Crippen molar-refractivity contribution in [2.24, 2.45) is 0 Å². The SMILES string of the molecule is O=C([C@H]1CCCO1)N1CCC(c2nc(Nc3cccc(F)c3)cc(-c3cccnc3)n2)CC1. The average Bonchev–Trinajstić information content (AvgIpc) is 3.39. The predicted octanol–water partition coefficient (Wildman–Crippen LogP) is 4.31. The Morgan fingerprint density at radius 1 is 1.09 bits per heavy atom. The lowest BCUT2D eigenvalue weighted by atomic mass is 9.95. The predicted molar refractivity (Wildman–Crippen MR) is 122 cm³/mol. The molecule has 33 heavy (non-hydrogen) atoms. The molecule has 2 fully saturated rings. The quantitative estimate of drug-likeness (QED) is 0.628. The maximum absolute atomic E-state index is 13.7. The minimum absolute atomic E-state index is 0.101. The van der Waals surface area contributed by atoms with E-state index in [9.17, 15) is 9.18 Å². The molecule has 2 aromatic heterocycles. The summed E-state index contributed by atoms with van der Waals surface area (Å²) in [6, 6.07) is 12.0. The Kier molecular flexibility index (Phi) is 6.26. The number of aromatic nitrogens is 3. The summed E-state index contributed by atoms with van der Waals surface area (Å²) in [6.45, 7) is 2.00. The molecule has 4 heterocycles. The highest BCUT2D eigenvalue weighted by atomic mass is 19.1. The Hall–Kier alpha value is -3.39. The topological polar surface area (TPSA) is 80.2 Å². The molecule has 5 rings (SSSR count). The third-order valence-electron chi connectivity index (χ3n) is 6.17. The Labute approximate surface area is 192 Å². The van der Waals surface area contributed by atoms with E-state index in [1.807, 2.05) is 23.1 Å². The number of nitrogens with one attached hydrogen (secondary N) is 1. The number of hydrogen-bond donors (Lipinski definition) is 1. The van der Waals surface area contributed by atoms with Crippen LogP contribution in [0.2, 0.25) is 0 Å². The standard InChI is InChI=1S/C25H26FN5O2/c26-19-5-1-6-20(14-19)28-23-15-21(18-4-2-10-27-16-18)29-24(30-23)17-8-11-31(12-9-17)25(32)22-7-3-13-33-22/h1-2,4-6,10,14-17,22H,3,7-9,11-13H2,(H,28,29,30)/t22-/m1/s1. The first-order valence-corrected chi connectivity index (χ1v) is 11.4. The number of carbonyl (C=O) groups is 1. The van der Waals surface area contributed by atoms with E-state index in [2.05, 4.69) is 10.3 Å². The molecule has 0 aliphatic carbocycles. The van der Waals surface area contributed by atoms with E-state index < -0.39 is 0 Å². The molecule has 7 nitrogen and oxygen atoms in total. The van der Waals surface area contributed by atoms with Crippen LogP contribution in [-0.4, -0.2) is 51.6 Å². The third kappa shape index (κ3) is 5.01. The number of pyridine rings is 1. The Morgan fingerprint density at radius 3 is 2.70 bits per heavy atom. The Balaban J connectivity index is 1.37. The van der Waals surface area contributed by atoms with Crippen molar-refractivity contribution in [1.29, 1.82) is 0 Å². The first-order chi connectivity index (χ1) is 16.2. The van der Waals surface area contributed by atoms with Gasteiger partial charge in [0, 0.05) is 55.3 Å². The van der Waals surface area contributed by atoms with Gasteiger partial charge in [-0.3, -0.25) is 9.78 Å². The van der Waals surface area contributed by atoms with Crippen LogP contribution in [0.3, 0.4) is 0 Å². The molecule has 8 heteroatoms. The van der Waals surface area contributed by atoms with Crippen molar-refractivity contribution in [2.75, 3.05) is 25.0 Å². The number of anilines is 2. The number of rotatable bonds is 5. The molecular formula is C25H26FN5O2. The summed E-state index contributed by atoms with van der Waals surface area (Å²) < 4.78 is 19.2. The lowest BCUT2D eigenvalue weighted by Gasteiger charge is -2.32. The zero-order valence-electron chi connectivity index (χ0n) is 18.3. The van der Waals surface area contributed by atoms with Gasteiger partial charge >= 0.3 is 0 Å². The van der Waals surface area contributed by atoms with E-state index in [4.69, 9.17) is 14.7 Å². The molecule has 3 aromatic rings. The minimum atomic E-state index is -0.315. The molecule has 170 valence electrons. The molecule has 1 atom stereocenters. The second-order valence-corrected chi connectivity index (χ2v) is 8.47. The molecule has 2 saturated heterocycles. The van der Waals surface area contributed by atoms with Crippen LogP contribution in [0.1, 0.15) is 37.4 Å². The molecule has 0 radical (unpaired) electrons. The van der Waals surface area contributed by atoms with Crippen molar-refractivity contribution in [3.8, 4) is 11.3 Å². The maximum Gasteiger partial charge on any atom is 0.251 e. The van der Waals surface area contributed by atoms with E-state index in [0.29, 0.717) is 31.2 Å². The summed E-state index contributed by atoms with van der Waals surface area (Å²) in [6.07, 6.45) is 6.53. The fourth-order valence-electron chi connectivity index (χ4n) is 4.42. The van der Waals surface area contributed by atoms with Crippen LogP contribution in [0, 0.1) is 5.82 Å². The van der Waals surface area contributed by atoms with Crippen molar-refractivity contribution >= 4 is 17.4 Å². The second kappa shape index (κ2) is 9.62. The Bertz CT molecular complexity index is 1110. The number of piperidine rings is 1. The fraction of sp³-hybridized carbons (Fsp3) is 0.360. The monoisotopic (exact) mass is 447 g/mol. The van der Waals surface area contributed by atoms with Gasteiger partial charge in [-0.2, -0.15) is 0 Å². The van der Waals surface area contributed by atoms with Crippen molar-refractivity contribution in [2.45, 2.75) is 37.7 Å². The van der Waals surface area contributed by atoms with E-state index in [-0.39, 0.29) is 23.7 Å². The zero-order valence-corrected chi connectivity index (χ0v) is 18.3. The molecule has 1 aromatic carbocycles. The van der Waals surface area contributed by atoms with Crippen molar-refractivity contribution < 1.29 is 13.9 Å². The summed E-state index contributed by atoms with van der Waals surface area (Å²) in [5.74, 6) is 1.24. The molecule has 0 spiro atoms. The van der Waals surface area contributed by atoms with Crippen LogP contribution in [-0.2, 0) is 9.53 Å². The highest BCUT2D eigenvalue weighted by molar-refractivity contribution is 5.81. The van der Waals surface area contributed by atoms with Crippen molar-refractivity contribution in [3.05, 3.63) is 66.5 Å². The van der Waals surface area contributed by atoms with Crippen molar-refractivity contribution in [3.63, 3.8) is 0 Å². The van der Waals surface area contributed by atoms with Crippen LogP contribution in [0.25, 0.3) is 11.3 Å². The van der Waals surface area contributed by atoms with Crippen molar-refractivity contribution in [1.82, 2.24) is 19.9 Å². The summed E-state index contributed by atoms with van der Waals surface area (Å²) >= 11 is 0. The number of amides is 1. The van der Waals surface area contributed by atoms with Gasteiger partial charge in [-0.25, -0.2) is 14.4 Å². The molecule has 0 unspecified atom stereocenters. The van der Waals surface area contributed by atoms with Gasteiger partial charge in [-0.15, -0.1) is 0 Å². The van der Waals surface area contributed by atoms with Crippen LogP contribution in [0.4, 0.5) is 15.9 Å². The zero-order chi connectivity index (χ0) is 22.6. The van der Waals surface area contributed by atoms with E-state index in [0.717, 1.165) is 42.8 Å². The van der Waals surface area contributed by atoms with Gasteiger partial charge in [0.25, 0.3) is 5.91 Å². The number of benzene rings is 1. The first-order valence-electron chi connectivity index (χ1n) is 11.4. The maximum atomic E-state index is 13.7. The second-order valence-electron chi connectivity index (χ2n) is 8.47. The van der Waals surface area contributed by atoms with Gasteiger partial charge < -0.3 is 15.0 Å². The normalized spacial score (nSPS) is 18.9. The van der Waals surface area contributed by atoms with Crippen LogP contribution < -0.4 is 5.32 Å². The van der Waals surface area contributed by atoms with Crippen LogP contribution in [0.15, 0.2) is 54.9 Å². The molecular weight excluding hydrogens is 421 g/mol. The van der Waals surface area contributed by atoms with Gasteiger partial charge in [0.05, 0.1) is 5.69 Å². The molecule has 0 bridgehead atoms. The number of hydrogen-bond acceptors (Lipinski definition) is 6. The first kappa shape index (κ1) is 21.5. The number of nitrogens with zero attached hydrogens (tertiary/aromatic N) is 4. The third-order valence-corrected chi connectivity index (χ3v) is 6.17. The number of ether oxygens (including phenoxy) is 1. The van der Waals surface area contributed by atoms with E-state index in [1.165, 1.54) is 12.1 Å². The largest absolute Gasteiger partial charge is 0.368 e. The summed E-state index contributed by atoms with van der Waals surface area (Å²) in [4.78, 5) is 28.4. The molecule has 2 aliphatic rings. The van der Waals surface area contributed by atoms with Crippen LogP contribution >= 0.6 is 0 Å². The van der Waals surface area contributed by atoms with Gasteiger partial charge in [0.1, 0.15) is 23.6 Å². The molecule has 2 aliphatic heterocycles. The lowest BCUT2D eigenvalue weighted by Crippen LogP contribution is -2.43. The highest BCUT2D eigenvalue weighted by Crippen LogP contribution is 2.30. The van der Waals surface area contributed by atoms with Crippen LogP contribution in [0.5, 0.6) is 0 Å². The highest BCUT2D eigenvalue weighted by Gasteiger charge is 2.32. The van der Waals surface area contributed by atoms with E-state index >= 15 is 0 Å². The lowest BCUT2D eigenvalue weighted by molar-refractivity contribution is -0.142. The molecule has 0 saturated carbocycles. The number of halogens is 1. The minimum Gasteiger partial charge on any atom is -0.368 e. The smallest absolute Gasteiger partial charge is 0.251 e. The van der Waals surface area contributed by atoms with Gasteiger partial charge in [-0.05, 0) is 56.0 Å². The molecule has 1 N–H and O–H groups in total. The average molecular weight is 448 g/mol. The van der Waals surface area contributed by atoms with Gasteiger partial charge in [0.2, 0.25) is 0 Å². The fourth-order valence-corrected chi connectivity index (χ4v) is 4.42. The molecule has 1 amide bonds. The number of likely N-dealkylation sites (tertiary alicyclic amines) is 1. The number of carbonyl (C=O) groups excluding carboxylic acids is 1. The van der Waals surface area contributed by atoms with Gasteiger partial charge in [-0.1, -0.05) is 6.07 Å². The van der Waals surface area contributed by atoms with Gasteiger partial charge in [0.15, 0.2) is 0 Å². The van der Waals surface area contributed by atoms with E-state index in [1.54, 1.807) is 24.5 Å². The summed E-state index contributed by atoms with van der Waals surface area (Å²) in [5.41, 5.74) is 2.26.